The molecule has 0 atom stereocenters. The van der Waals surface area contributed by atoms with Gasteiger partial charge in [0.15, 0.2) is 0 Å². The number of nitrogens with zero attached hydrogens (tertiary/aromatic N) is 2. The quantitative estimate of drug-likeness (QED) is 0.693. The van der Waals surface area contributed by atoms with E-state index in [9.17, 15) is 9.59 Å². The average molecular weight is 252 g/mol. The topological polar surface area (TPSA) is 96.3 Å². The van der Waals surface area contributed by atoms with Crippen LogP contribution in [0.1, 0.15) is 18.4 Å². The van der Waals surface area contributed by atoms with Crippen LogP contribution in [0.15, 0.2) is 12.4 Å². The lowest BCUT2D eigenvalue weighted by Gasteiger charge is -2.13. The number of rotatable bonds is 5. The Hall–Kier alpha value is -2.05. The van der Waals surface area contributed by atoms with Gasteiger partial charge in [-0.05, 0) is 25.3 Å². The molecule has 0 aliphatic heterocycles. The second kappa shape index (κ2) is 4.67. The number of hydrogen-bond acceptors (Lipinski definition) is 3. The third-order valence-corrected chi connectivity index (χ3v) is 2.90. The summed E-state index contributed by atoms with van der Waals surface area (Å²) < 4.78 is 1.72. The minimum Gasteiger partial charge on any atom is -0.480 e. The second-order valence-electron chi connectivity index (χ2n) is 4.55. The number of hydrogen-bond donors (Lipinski definition) is 3. The van der Waals surface area contributed by atoms with Crippen molar-refractivity contribution >= 4 is 12.0 Å². The summed E-state index contributed by atoms with van der Waals surface area (Å²) in [5.41, 5.74) is 0.0223. The van der Waals surface area contributed by atoms with E-state index in [2.05, 4.69) is 15.7 Å². The molecule has 1 aliphatic carbocycles. The van der Waals surface area contributed by atoms with E-state index in [-0.39, 0.29) is 0 Å². The van der Waals surface area contributed by atoms with Crippen LogP contribution >= 0.6 is 0 Å². The van der Waals surface area contributed by atoms with Crippen LogP contribution in [0.25, 0.3) is 0 Å². The van der Waals surface area contributed by atoms with Crippen molar-refractivity contribution in [1.29, 1.82) is 0 Å². The lowest BCUT2D eigenvalue weighted by atomic mass is 10.3. The first-order chi connectivity index (χ1) is 8.52. The highest BCUT2D eigenvalue weighted by molar-refractivity contribution is 5.88. The molecular formula is C11H16N4O3. The van der Waals surface area contributed by atoms with Crippen molar-refractivity contribution < 1.29 is 14.7 Å². The molecule has 3 N–H and O–H groups in total. The van der Waals surface area contributed by atoms with Crippen molar-refractivity contribution in [3.05, 3.63) is 18.0 Å². The molecule has 0 bridgehead atoms. The number of carbonyl (C=O) groups is 2. The first-order valence-corrected chi connectivity index (χ1v) is 5.80. The molecule has 7 heteroatoms. The lowest BCUT2D eigenvalue weighted by Crippen LogP contribution is -2.48. The van der Waals surface area contributed by atoms with Gasteiger partial charge in [-0.3, -0.25) is 4.68 Å². The molecule has 1 fully saturated rings. The smallest absolute Gasteiger partial charge is 0.329 e. The Morgan fingerprint density at radius 2 is 2.28 bits per heavy atom. The van der Waals surface area contributed by atoms with Crippen LogP contribution in [0.4, 0.5) is 4.79 Å². The summed E-state index contributed by atoms with van der Waals surface area (Å²) >= 11 is 0. The van der Waals surface area contributed by atoms with Gasteiger partial charge >= 0.3 is 12.0 Å². The van der Waals surface area contributed by atoms with E-state index in [1.807, 2.05) is 13.1 Å². The maximum atomic E-state index is 11.5. The van der Waals surface area contributed by atoms with E-state index >= 15 is 0 Å². The molecule has 98 valence electrons. The third kappa shape index (κ3) is 2.79. The number of nitrogens with one attached hydrogen (secondary N) is 2. The largest absolute Gasteiger partial charge is 0.480 e. The summed E-state index contributed by atoms with van der Waals surface area (Å²) in [5, 5.41) is 18.1. The van der Waals surface area contributed by atoms with Crippen molar-refractivity contribution in [3.63, 3.8) is 0 Å². The monoisotopic (exact) mass is 252 g/mol. The van der Waals surface area contributed by atoms with E-state index in [0.717, 1.165) is 5.56 Å². The van der Waals surface area contributed by atoms with Crippen LogP contribution < -0.4 is 10.6 Å². The molecule has 1 aromatic rings. The molecule has 1 saturated carbocycles. The molecule has 0 spiro atoms. The van der Waals surface area contributed by atoms with Gasteiger partial charge in [0.2, 0.25) is 0 Å². The molecule has 2 amide bonds. The van der Waals surface area contributed by atoms with Crippen molar-refractivity contribution in [1.82, 2.24) is 20.4 Å². The zero-order valence-corrected chi connectivity index (χ0v) is 10.1. The van der Waals surface area contributed by atoms with Crippen LogP contribution in [0.2, 0.25) is 0 Å². The van der Waals surface area contributed by atoms with Gasteiger partial charge < -0.3 is 15.7 Å². The maximum Gasteiger partial charge on any atom is 0.329 e. The number of amides is 2. The van der Waals surface area contributed by atoms with Crippen LogP contribution in [0, 0.1) is 6.92 Å². The molecule has 0 radical (unpaired) electrons. The van der Waals surface area contributed by atoms with Gasteiger partial charge in [0.05, 0.1) is 12.7 Å². The molecular weight excluding hydrogens is 236 g/mol. The zero-order valence-electron chi connectivity index (χ0n) is 10.1. The van der Waals surface area contributed by atoms with Crippen molar-refractivity contribution in [2.45, 2.75) is 31.8 Å². The Morgan fingerprint density at radius 3 is 2.78 bits per heavy atom. The number of carboxylic acids is 1. The number of aliphatic carboxylic acids is 1. The number of urea groups is 1. The zero-order chi connectivity index (χ0) is 13.2. The minimum atomic E-state index is -1.04. The predicted octanol–water partition coefficient (Wildman–Crippen LogP) is 0.108. The predicted molar refractivity (Wildman–Crippen MR) is 63.1 cm³/mol. The molecule has 0 aromatic carbocycles. The molecule has 2 rings (SSSR count). The number of carboxylic acid groups (broad SMARTS) is 1. The second-order valence-corrected chi connectivity index (χ2v) is 4.55. The van der Waals surface area contributed by atoms with Crippen molar-refractivity contribution in [3.8, 4) is 0 Å². The highest BCUT2D eigenvalue weighted by atomic mass is 16.4. The Bertz CT molecular complexity index is 465. The van der Waals surface area contributed by atoms with Crippen LogP contribution in [-0.4, -0.2) is 39.0 Å². The summed E-state index contributed by atoms with van der Waals surface area (Å²) in [6, 6.07) is -0.446. The van der Waals surface area contributed by atoms with Gasteiger partial charge in [0.25, 0.3) is 0 Å². The Balaban J connectivity index is 1.71. The van der Waals surface area contributed by atoms with E-state index in [0.29, 0.717) is 25.9 Å². The number of carbonyl (C=O) groups excluding carboxylic acids is 1. The molecule has 1 aromatic heterocycles. The van der Waals surface area contributed by atoms with E-state index in [1.54, 1.807) is 10.9 Å². The standard InChI is InChI=1S/C11H16N4O3/c1-8-6-13-15(7-8)5-4-12-10(18)14-11(2-3-11)9(16)17/h6-7H,2-5H2,1H3,(H,16,17)(H2,12,14,18). The fraction of sp³-hybridized carbons (Fsp3) is 0.545. The number of aromatic nitrogens is 2. The fourth-order valence-corrected chi connectivity index (χ4v) is 1.65. The molecule has 0 unspecified atom stereocenters. The molecule has 18 heavy (non-hydrogen) atoms. The first kappa shape index (κ1) is 12.4. The lowest BCUT2D eigenvalue weighted by molar-refractivity contribution is -0.140. The summed E-state index contributed by atoms with van der Waals surface area (Å²) in [5.74, 6) is -0.972. The Labute approximate surface area is 104 Å². The van der Waals surface area contributed by atoms with E-state index < -0.39 is 17.5 Å². The Morgan fingerprint density at radius 1 is 1.56 bits per heavy atom. The van der Waals surface area contributed by atoms with Gasteiger partial charge in [-0.25, -0.2) is 9.59 Å². The summed E-state index contributed by atoms with van der Waals surface area (Å²) in [7, 11) is 0. The molecule has 1 heterocycles. The molecule has 7 nitrogen and oxygen atoms in total. The fourth-order valence-electron chi connectivity index (χ4n) is 1.65. The Kier molecular flexibility index (Phi) is 3.22. The van der Waals surface area contributed by atoms with Crippen LogP contribution in [0.5, 0.6) is 0 Å². The van der Waals surface area contributed by atoms with Gasteiger partial charge in [0, 0.05) is 12.7 Å². The summed E-state index contributed by atoms with van der Waals surface area (Å²) in [4.78, 5) is 22.3. The van der Waals surface area contributed by atoms with Gasteiger partial charge in [-0.1, -0.05) is 0 Å². The first-order valence-electron chi connectivity index (χ1n) is 5.80. The molecule has 1 aliphatic rings. The molecule has 0 saturated heterocycles. The van der Waals surface area contributed by atoms with Gasteiger partial charge in [0.1, 0.15) is 5.54 Å². The summed E-state index contributed by atoms with van der Waals surface area (Å²) in [6.45, 7) is 2.90. The van der Waals surface area contributed by atoms with Gasteiger partial charge in [-0.2, -0.15) is 5.10 Å². The van der Waals surface area contributed by atoms with Gasteiger partial charge in [-0.15, -0.1) is 0 Å². The maximum absolute atomic E-state index is 11.5. The van der Waals surface area contributed by atoms with Crippen molar-refractivity contribution in [2.24, 2.45) is 0 Å². The van der Waals surface area contributed by atoms with Crippen LogP contribution in [0.3, 0.4) is 0 Å². The SMILES string of the molecule is Cc1cnn(CCNC(=O)NC2(C(=O)O)CC2)c1. The summed E-state index contributed by atoms with van der Waals surface area (Å²) in [6.07, 6.45) is 4.60. The van der Waals surface area contributed by atoms with Crippen molar-refractivity contribution in [2.75, 3.05) is 6.54 Å². The highest BCUT2D eigenvalue weighted by Crippen LogP contribution is 2.35. The minimum absolute atomic E-state index is 0.405. The van der Waals surface area contributed by atoms with Crippen LogP contribution in [-0.2, 0) is 11.3 Å². The normalized spacial score (nSPS) is 16.1. The van der Waals surface area contributed by atoms with E-state index in [4.69, 9.17) is 5.11 Å². The average Bonchev–Trinajstić information content (AvgIpc) is 2.96. The van der Waals surface area contributed by atoms with E-state index in [1.165, 1.54) is 0 Å². The highest BCUT2D eigenvalue weighted by Gasteiger charge is 2.51. The third-order valence-electron chi connectivity index (χ3n) is 2.90. The number of aryl methyl sites for hydroxylation is 1.